The second kappa shape index (κ2) is 8.27. The van der Waals surface area contributed by atoms with Gasteiger partial charge in [-0.25, -0.2) is 0 Å². The average Bonchev–Trinajstić information content (AvgIpc) is 2.28. The molecule has 0 radical (unpaired) electrons. The zero-order valence-electron chi connectivity index (χ0n) is 9.32. The summed E-state index contributed by atoms with van der Waals surface area (Å²) < 4.78 is 9.20. The highest BCUT2D eigenvalue weighted by Gasteiger charge is 2.27. The summed E-state index contributed by atoms with van der Waals surface area (Å²) >= 11 is 2.99. The number of carbonyl (C=O) groups excluding carboxylic acids is 3. The number of ether oxygens (including phenoxy) is 2. The minimum atomic E-state index is -0.890. The Kier molecular flexibility index (Phi) is 7.80. The van der Waals surface area contributed by atoms with Crippen LogP contribution in [0.5, 0.6) is 0 Å². The number of carbonyl (C=O) groups is 3. The van der Waals surface area contributed by atoms with Crippen LogP contribution < -0.4 is 0 Å². The molecule has 1 unspecified atom stereocenters. The molecule has 0 aliphatic heterocycles. The lowest BCUT2D eigenvalue weighted by Gasteiger charge is -2.12. The fraction of sp³-hybridized carbons (Fsp3) is 0.700. The molecule has 0 bridgehead atoms. The first-order valence-corrected chi connectivity index (χ1v) is 6.01. The number of hydrogen-bond acceptors (Lipinski definition) is 5. The lowest BCUT2D eigenvalue weighted by Crippen LogP contribution is -2.28. The van der Waals surface area contributed by atoms with E-state index in [9.17, 15) is 14.4 Å². The average molecular weight is 295 g/mol. The SMILES string of the molecule is CCOC(=O)C(CCC(=O)OC)C(=O)CBr. The number of halogens is 1. The normalized spacial score (nSPS) is 11.7. The van der Waals surface area contributed by atoms with Crippen molar-refractivity contribution in [3.8, 4) is 0 Å². The van der Waals surface area contributed by atoms with Gasteiger partial charge in [-0.2, -0.15) is 0 Å². The molecule has 0 aromatic rings. The molecule has 0 heterocycles. The van der Waals surface area contributed by atoms with Crippen LogP contribution >= 0.6 is 15.9 Å². The standard InChI is InChI=1S/C10H15BrO5/c1-3-16-10(14)7(8(12)6-11)4-5-9(13)15-2/h7H,3-6H2,1-2H3. The first-order valence-electron chi connectivity index (χ1n) is 4.88. The summed E-state index contributed by atoms with van der Waals surface area (Å²) in [5.41, 5.74) is 0. The number of alkyl halides is 1. The van der Waals surface area contributed by atoms with Gasteiger partial charge in [0.1, 0.15) is 5.92 Å². The van der Waals surface area contributed by atoms with Gasteiger partial charge in [-0.05, 0) is 13.3 Å². The summed E-state index contributed by atoms with van der Waals surface area (Å²) in [5, 5.41) is 0.0671. The van der Waals surface area contributed by atoms with E-state index in [-0.39, 0.29) is 30.6 Å². The lowest BCUT2D eigenvalue weighted by atomic mass is 9.99. The zero-order valence-corrected chi connectivity index (χ0v) is 10.9. The summed E-state index contributed by atoms with van der Waals surface area (Å²) in [6.45, 7) is 1.87. The predicted octanol–water partition coefficient (Wildman–Crippen LogP) is 1.08. The van der Waals surface area contributed by atoms with Gasteiger partial charge in [0, 0.05) is 6.42 Å². The van der Waals surface area contributed by atoms with Crippen molar-refractivity contribution < 1.29 is 23.9 Å². The Morgan fingerprint density at radius 3 is 2.38 bits per heavy atom. The van der Waals surface area contributed by atoms with E-state index in [1.54, 1.807) is 6.92 Å². The Morgan fingerprint density at radius 1 is 1.31 bits per heavy atom. The highest BCUT2D eigenvalue weighted by atomic mass is 79.9. The van der Waals surface area contributed by atoms with Crippen molar-refractivity contribution in [1.82, 2.24) is 0 Å². The molecule has 0 aliphatic carbocycles. The van der Waals surface area contributed by atoms with Gasteiger partial charge in [0.05, 0.1) is 19.0 Å². The molecule has 0 rings (SSSR count). The Bertz CT molecular complexity index is 264. The third-order valence-electron chi connectivity index (χ3n) is 1.96. The van der Waals surface area contributed by atoms with Gasteiger partial charge in [-0.1, -0.05) is 15.9 Å². The Labute approximate surface area is 103 Å². The summed E-state index contributed by atoms with van der Waals surface area (Å²) in [4.78, 5) is 33.8. The van der Waals surface area contributed by atoms with Crippen LogP contribution in [0.2, 0.25) is 0 Å². The highest BCUT2D eigenvalue weighted by Crippen LogP contribution is 2.12. The van der Waals surface area contributed by atoms with E-state index in [0.29, 0.717) is 0 Å². The molecule has 0 amide bonds. The van der Waals surface area contributed by atoms with Crippen molar-refractivity contribution in [2.45, 2.75) is 19.8 Å². The monoisotopic (exact) mass is 294 g/mol. The molecule has 0 aromatic heterocycles. The summed E-state index contributed by atoms with van der Waals surface area (Å²) in [5.74, 6) is -2.21. The molecular weight excluding hydrogens is 280 g/mol. The topological polar surface area (TPSA) is 69.7 Å². The molecule has 0 saturated heterocycles. The molecular formula is C10H15BrO5. The van der Waals surface area contributed by atoms with Crippen LogP contribution in [0.4, 0.5) is 0 Å². The van der Waals surface area contributed by atoms with Crippen molar-refractivity contribution in [3.05, 3.63) is 0 Å². The molecule has 5 nitrogen and oxygen atoms in total. The first kappa shape index (κ1) is 15.1. The van der Waals surface area contributed by atoms with Gasteiger partial charge in [0.25, 0.3) is 0 Å². The molecule has 0 saturated carbocycles. The molecule has 0 fully saturated rings. The molecule has 0 spiro atoms. The third-order valence-corrected chi connectivity index (χ3v) is 2.51. The largest absolute Gasteiger partial charge is 0.469 e. The van der Waals surface area contributed by atoms with Crippen molar-refractivity contribution in [2.75, 3.05) is 19.0 Å². The number of rotatable bonds is 7. The Balaban J connectivity index is 4.37. The van der Waals surface area contributed by atoms with Gasteiger partial charge >= 0.3 is 11.9 Å². The first-order chi connectivity index (χ1) is 7.56. The van der Waals surface area contributed by atoms with Gasteiger partial charge < -0.3 is 9.47 Å². The van der Waals surface area contributed by atoms with Crippen molar-refractivity contribution in [2.24, 2.45) is 5.92 Å². The van der Waals surface area contributed by atoms with Crippen LogP contribution in [-0.2, 0) is 23.9 Å². The molecule has 1 atom stereocenters. The molecule has 16 heavy (non-hydrogen) atoms. The predicted molar refractivity (Wildman–Crippen MR) is 60.2 cm³/mol. The van der Waals surface area contributed by atoms with Crippen LogP contribution in [0, 0.1) is 5.92 Å². The maximum Gasteiger partial charge on any atom is 0.316 e. The van der Waals surface area contributed by atoms with E-state index >= 15 is 0 Å². The van der Waals surface area contributed by atoms with E-state index in [1.165, 1.54) is 7.11 Å². The van der Waals surface area contributed by atoms with Gasteiger partial charge in [-0.15, -0.1) is 0 Å². The van der Waals surface area contributed by atoms with E-state index in [2.05, 4.69) is 20.7 Å². The molecule has 0 aromatic carbocycles. The lowest BCUT2D eigenvalue weighted by molar-refractivity contribution is -0.151. The summed E-state index contributed by atoms with van der Waals surface area (Å²) in [6.07, 6.45) is 0.147. The van der Waals surface area contributed by atoms with Crippen LogP contribution in [-0.4, -0.2) is 36.8 Å². The van der Waals surface area contributed by atoms with E-state index in [4.69, 9.17) is 4.74 Å². The maximum atomic E-state index is 11.4. The number of hydrogen-bond donors (Lipinski definition) is 0. The second-order valence-electron chi connectivity index (χ2n) is 3.02. The van der Waals surface area contributed by atoms with Crippen LogP contribution in [0.25, 0.3) is 0 Å². The summed E-state index contributed by atoms with van der Waals surface area (Å²) in [7, 11) is 1.26. The Hall–Kier alpha value is -0.910. The number of Topliss-reactive ketones (excluding diaryl/α,β-unsaturated/α-hetero) is 1. The third kappa shape index (κ3) is 5.25. The molecule has 0 N–H and O–H groups in total. The highest BCUT2D eigenvalue weighted by molar-refractivity contribution is 9.09. The van der Waals surface area contributed by atoms with Crippen molar-refractivity contribution in [1.29, 1.82) is 0 Å². The van der Waals surface area contributed by atoms with Crippen LogP contribution in [0.1, 0.15) is 19.8 Å². The second-order valence-corrected chi connectivity index (χ2v) is 3.58. The smallest absolute Gasteiger partial charge is 0.316 e. The van der Waals surface area contributed by atoms with Crippen molar-refractivity contribution >= 4 is 33.7 Å². The van der Waals surface area contributed by atoms with E-state index in [1.807, 2.05) is 0 Å². The summed E-state index contributed by atoms with van der Waals surface area (Å²) in [6, 6.07) is 0. The van der Waals surface area contributed by atoms with Gasteiger partial charge in [0.15, 0.2) is 5.78 Å². The minimum absolute atomic E-state index is 0.0265. The fourth-order valence-electron chi connectivity index (χ4n) is 1.11. The van der Waals surface area contributed by atoms with Gasteiger partial charge in [0.2, 0.25) is 0 Å². The zero-order chi connectivity index (χ0) is 12.6. The maximum absolute atomic E-state index is 11.4. The van der Waals surface area contributed by atoms with Crippen molar-refractivity contribution in [3.63, 3.8) is 0 Å². The van der Waals surface area contributed by atoms with Crippen LogP contribution in [0.15, 0.2) is 0 Å². The number of esters is 2. The quantitative estimate of drug-likeness (QED) is 0.399. The number of methoxy groups -OCH3 is 1. The molecule has 0 aliphatic rings. The number of ketones is 1. The molecule has 6 heteroatoms. The molecule has 92 valence electrons. The van der Waals surface area contributed by atoms with Gasteiger partial charge in [-0.3, -0.25) is 14.4 Å². The Morgan fingerprint density at radius 2 is 1.94 bits per heavy atom. The van der Waals surface area contributed by atoms with E-state index in [0.717, 1.165) is 0 Å². The minimum Gasteiger partial charge on any atom is -0.469 e. The van der Waals surface area contributed by atoms with E-state index < -0.39 is 17.9 Å². The fourth-order valence-corrected chi connectivity index (χ4v) is 1.50. The van der Waals surface area contributed by atoms with Crippen LogP contribution in [0.3, 0.4) is 0 Å².